The van der Waals surface area contributed by atoms with Crippen molar-refractivity contribution in [1.82, 2.24) is 19.7 Å². The predicted molar refractivity (Wildman–Crippen MR) is 119 cm³/mol. The number of aromatic amines is 1. The van der Waals surface area contributed by atoms with Gasteiger partial charge in [0, 0.05) is 73.8 Å². The average molecular weight is 463 g/mol. The number of rotatable bonds is 4. The number of piperazine rings is 1. The number of hydrogen-bond acceptors (Lipinski definition) is 4. The van der Waals surface area contributed by atoms with Gasteiger partial charge in [0.1, 0.15) is 0 Å². The van der Waals surface area contributed by atoms with Crippen LogP contribution in [0, 0.1) is 6.92 Å². The fraction of sp³-hybridized carbons (Fsp3) is 0.435. The van der Waals surface area contributed by atoms with Crippen LogP contribution < -0.4 is 0 Å². The summed E-state index contributed by atoms with van der Waals surface area (Å²) in [7, 11) is 0. The Bertz CT molecular complexity index is 1110. The highest BCUT2D eigenvalue weighted by atomic mass is 32.1. The van der Waals surface area contributed by atoms with E-state index in [1.165, 1.54) is 23.5 Å². The summed E-state index contributed by atoms with van der Waals surface area (Å²) >= 11 is 1.47. The molecule has 1 aromatic carbocycles. The van der Waals surface area contributed by atoms with Gasteiger partial charge in [-0.15, -0.1) is 11.3 Å². The van der Waals surface area contributed by atoms with Gasteiger partial charge in [0.25, 0.3) is 5.91 Å². The molecule has 2 aliphatic heterocycles. The van der Waals surface area contributed by atoms with E-state index in [-0.39, 0.29) is 5.91 Å². The standard InChI is InChI=1S/C23H25F3N4OS/c1-15-19-3-2-17(23(24,25)26)10-20(19)32-21(15)14-28-6-8-29(9-7-28)18-12-30(13-18)22(31)16-4-5-27-11-16/h2-5,10-11,18,27H,6-9,12-14H2,1H3. The Labute approximate surface area is 188 Å². The minimum atomic E-state index is -4.31. The summed E-state index contributed by atoms with van der Waals surface area (Å²) < 4.78 is 39.8. The first-order valence-corrected chi connectivity index (χ1v) is 11.6. The lowest BCUT2D eigenvalue weighted by molar-refractivity contribution is -0.137. The average Bonchev–Trinajstić information content (AvgIpc) is 3.36. The van der Waals surface area contributed by atoms with Gasteiger partial charge in [-0.3, -0.25) is 14.6 Å². The third-order valence-electron chi connectivity index (χ3n) is 6.65. The Morgan fingerprint density at radius 1 is 1.16 bits per heavy atom. The summed E-state index contributed by atoms with van der Waals surface area (Å²) in [6.45, 7) is 8.03. The highest BCUT2D eigenvalue weighted by molar-refractivity contribution is 7.19. The van der Waals surface area contributed by atoms with Crippen LogP contribution in [0.5, 0.6) is 0 Å². The first kappa shape index (κ1) is 21.5. The van der Waals surface area contributed by atoms with Gasteiger partial charge in [0.2, 0.25) is 0 Å². The largest absolute Gasteiger partial charge is 0.416 e. The Hall–Kier alpha value is -2.36. The summed E-state index contributed by atoms with van der Waals surface area (Å²) in [5, 5.41) is 0.915. The number of H-pyrrole nitrogens is 1. The molecule has 0 bridgehead atoms. The lowest BCUT2D eigenvalue weighted by atomic mass is 10.0. The van der Waals surface area contributed by atoms with Crippen molar-refractivity contribution in [3.63, 3.8) is 0 Å². The number of hydrogen-bond donors (Lipinski definition) is 1. The van der Waals surface area contributed by atoms with Crippen LogP contribution in [0.3, 0.4) is 0 Å². The van der Waals surface area contributed by atoms with Crippen molar-refractivity contribution in [2.45, 2.75) is 25.7 Å². The molecule has 1 N–H and O–H groups in total. The summed E-state index contributed by atoms with van der Waals surface area (Å²) in [5.41, 5.74) is 1.20. The second-order valence-corrected chi connectivity index (χ2v) is 9.77. The van der Waals surface area contributed by atoms with Crippen LogP contribution in [-0.4, -0.2) is 70.9 Å². The van der Waals surface area contributed by atoms with Crippen LogP contribution >= 0.6 is 11.3 Å². The third kappa shape index (κ3) is 4.04. The third-order valence-corrected chi connectivity index (χ3v) is 7.89. The summed E-state index contributed by atoms with van der Waals surface area (Å²) in [4.78, 5) is 23.1. The van der Waals surface area contributed by atoms with Crippen LogP contribution in [0.25, 0.3) is 10.1 Å². The molecule has 4 heterocycles. The molecule has 0 saturated carbocycles. The van der Waals surface area contributed by atoms with E-state index in [1.807, 2.05) is 11.8 Å². The first-order valence-electron chi connectivity index (χ1n) is 10.8. The van der Waals surface area contributed by atoms with Gasteiger partial charge < -0.3 is 9.88 Å². The zero-order valence-corrected chi connectivity index (χ0v) is 18.6. The van der Waals surface area contributed by atoms with Gasteiger partial charge >= 0.3 is 6.18 Å². The summed E-state index contributed by atoms with van der Waals surface area (Å²) in [6, 6.07) is 6.25. The highest BCUT2D eigenvalue weighted by Crippen LogP contribution is 2.37. The number of amides is 1. The first-order chi connectivity index (χ1) is 15.3. The molecule has 0 spiro atoms. The lowest BCUT2D eigenvalue weighted by Crippen LogP contribution is -2.64. The number of halogens is 3. The molecule has 0 atom stereocenters. The van der Waals surface area contributed by atoms with Crippen molar-refractivity contribution in [2.24, 2.45) is 0 Å². The SMILES string of the molecule is Cc1c(CN2CCN(C3CN(C(=O)c4cc[nH]c4)C3)CC2)sc2cc(C(F)(F)F)ccc12. The molecule has 0 unspecified atom stereocenters. The molecule has 2 saturated heterocycles. The molecule has 9 heteroatoms. The topological polar surface area (TPSA) is 42.6 Å². The smallest absolute Gasteiger partial charge is 0.367 e. The Morgan fingerprint density at radius 2 is 1.91 bits per heavy atom. The van der Waals surface area contributed by atoms with Crippen LogP contribution in [-0.2, 0) is 12.7 Å². The van der Waals surface area contributed by atoms with Crippen molar-refractivity contribution >= 4 is 27.3 Å². The molecular formula is C23H25F3N4OS. The molecule has 3 aromatic rings. The molecular weight excluding hydrogens is 437 g/mol. The molecule has 0 radical (unpaired) electrons. The number of carbonyl (C=O) groups is 1. The van der Waals surface area contributed by atoms with E-state index in [9.17, 15) is 18.0 Å². The minimum Gasteiger partial charge on any atom is -0.367 e. The van der Waals surface area contributed by atoms with Crippen LogP contribution in [0.1, 0.15) is 26.4 Å². The molecule has 2 fully saturated rings. The molecule has 5 nitrogen and oxygen atoms in total. The maximum absolute atomic E-state index is 13.0. The molecule has 0 aliphatic carbocycles. The van der Waals surface area contributed by atoms with E-state index in [0.717, 1.165) is 61.6 Å². The van der Waals surface area contributed by atoms with Gasteiger partial charge in [-0.25, -0.2) is 0 Å². The minimum absolute atomic E-state index is 0.0788. The fourth-order valence-corrected chi connectivity index (χ4v) is 5.88. The quantitative estimate of drug-likeness (QED) is 0.632. The van der Waals surface area contributed by atoms with E-state index in [2.05, 4.69) is 14.8 Å². The van der Waals surface area contributed by atoms with E-state index < -0.39 is 11.7 Å². The van der Waals surface area contributed by atoms with Crippen molar-refractivity contribution in [1.29, 1.82) is 0 Å². The highest BCUT2D eigenvalue weighted by Gasteiger charge is 2.36. The number of thiophene rings is 1. The summed E-state index contributed by atoms with van der Waals surface area (Å²) in [6.07, 6.45) is -0.822. The number of carbonyl (C=O) groups excluding carboxylic acids is 1. The normalized spacial score (nSPS) is 18.9. The van der Waals surface area contributed by atoms with Crippen molar-refractivity contribution < 1.29 is 18.0 Å². The van der Waals surface area contributed by atoms with E-state index in [0.29, 0.717) is 16.3 Å². The lowest BCUT2D eigenvalue weighted by Gasteiger charge is -2.48. The van der Waals surface area contributed by atoms with Crippen LogP contribution in [0.2, 0.25) is 0 Å². The number of nitrogens with zero attached hydrogens (tertiary/aromatic N) is 3. The molecule has 5 rings (SSSR count). The van der Waals surface area contributed by atoms with E-state index in [4.69, 9.17) is 0 Å². The van der Waals surface area contributed by atoms with Gasteiger partial charge in [-0.2, -0.15) is 13.2 Å². The summed E-state index contributed by atoms with van der Waals surface area (Å²) in [5.74, 6) is 0.0788. The fourth-order valence-electron chi connectivity index (χ4n) is 4.58. The van der Waals surface area contributed by atoms with Gasteiger partial charge in [-0.1, -0.05) is 6.07 Å². The zero-order valence-electron chi connectivity index (χ0n) is 17.8. The predicted octanol–water partition coefficient (Wildman–Crippen LogP) is 4.20. The molecule has 170 valence electrons. The number of aromatic nitrogens is 1. The molecule has 32 heavy (non-hydrogen) atoms. The second-order valence-electron chi connectivity index (χ2n) is 8.63. The molecule has 2 aliphatic rings. The monoisotopic (exact) mass is 462 g/mol. The zero-order chi connectivity index (χ0) is 22.5. The Balaban J connectivity index is 1.16. The Morgan fingerprint density at radius 3 is 2.56 bits per heavy atom. The van der Waals surface area contributed by atoms with Crippen LogP contribution in [0.15, 0.2) is 36.7 Å². The number of benzene rings is 1. The van der Waals surface area contributed by atoms with E-state index >= 15 is 0 Å². The molecule has 2 aromatic heterocycles. The van der Waals surface area contributed by atoms with Crippen LogP contribution in [0.4, 0.5) is 13.2 Å². The number of aryl methyl sites for hydroxylation is 1. The number of nitrogens with one attached hydrogen (secondary N) is 1. The van der Waals surface area contributed by atoms with Crippen molar-refractivity contribution in [3.8, 4) is 0 Å². The Kier molecular flexibility index (Phi) is 5.51. The van der Waals surface area contributed by atoms with Crippen molar-refractivity contribution in [2.75, 3.05) is 39.3 Å². The second kappa shape index (κ2) is 8.20. The van der Waals surface area contributed by atoms with Gasteiger partial charge in [0.15, 0.2) is 0 Å². The van der Waals surface area contributed by atoms with Crippen molar-refractivity contribution in [3.05, 3.63) is 58.2 Å². The maximum Gasteiger partial charge on any atom is 0.416 e. The van der Waals surface area contributed by atoms with Gasteiger partial charge in [-0.05, 0) is 36.1 Å². The maximum atomic E-state index is 13.0. The number of likely N-dealkylation sites (tertiary alicyclic amines) is 1. The van der Waals surface area contributed by atoms with Gasteiger partial charge in [0.05, 0.1) is 11.1 Å². The number of alkyl halides is 3. The van der Waals surface area contributed by atoms with E-state index in [1.54, 1.807) is 24.5 Å². The number of fused-ring (bicyclic) bond motifs is 1. The molecule has 1 amide bonds.